The summed E-state index contributed by atoms with van der Waals surface area (Å²) in [5, 5.41) is 4.71. The van der Waals surface area contributed by atoms with Gasteiger partial charge in [0.2, 0.25) is 0 Å². The molecule has 1 heterocycles. The van der Waals surface area contributed by atoms with Crippen molar-refractivity contribution in [3.05, 3.63) is 59.7 Å². The van der Waals surface area contributed by atoms with E-state index < -0.39 is 0 Å². The first-order valence-corrected chi connectivity index (χ1v) is 7.40. The fraction of sp³-hybridized carbons (Fsp3) is 0.211. The van der Waals surface area contributed by atoms with Crippen LogP contribution in [0.1, 0.15) is 18.1 Å². The maximum Gasteiger partial charge on any atom is 0.0735 e. The lowest BCUT2D eigenvalue weighted by Gasteiger charge is -2.13. The van der Waals surface area contributed by atoms with Gasteiger partial charge in [-0.15, -0.1) is 0 Å². The average Bonchev–Trinajstić information content (AvgIpc) is 2.47. The lowest BCUT2D eigenvalue weighted by Crippen LogP contribution is -2.00. The van der Waals surface area contributed by atoms with E-state index in [1.54, 1.807) is 0 Å². The van der Waals surface area contributed by atoms with Gasteiger partial charge < -0.3 is 5.32 Å². The van der Waals surface area contributed by atoms with Crippen molar-refractivity contribution in [2.75, 3.05) is 11.9 Å². The highest BCUT2D eigenvalue weighted by atomic mass is 14.9. The fourth-order valence-electron chi connectivity index (χ4n) is 2.84. The Morgan fingerprint density at radius 2 is 1.76 bits per heavy atom. The smallest absolute Gasteiger partial charge is 0.0735 e. The number of fused-ring (bicyclic) bond motifs is 1. The Morgan fingerprint density at radius 3 is 2.48 bits per heavy atom. The van der Waals surface area contributed by atoms with E-state index in [2.05, 4.69) is 68.6 Å². The number of aromatic nitrogens is 1. The van der Waals surface area contributed by atoms with Gasteiger partial charge >= 0.3 is 0 Å². The van der Waals surface area contributed by atoms with Gasteiger partial charge in [-0.2, -0.15) is 0 Å². The summed E-state index contributed by atoms with van der Waals surface area (Å²) in [6.07, 6.45) is 0. The van der Waals surface area contributed by atoms with E-state index in [4.69, 9.17) is 4.98 Å². The van der Waals surface area contributed by atoms with Gasteiger partial charge in [-0.05, 0) is 44.0 Å². The Hall–Kier alpha value is -2.35. The summed E-state index contributed by atoms with van der Waals surface area (Å²) in [7, 11) is 0. The molecule has 0 unspecified atom stereocenters. The van der Waals surface area contributed by atoms with E-state index in [-0.39, 0.29) is 0 Å². The second-order valence-electron chi connectivity index (χ2n) is 5.43. The maximum absolute atomic E-state index is 4.87. The predicted octanol–water partition coefficient (Wildman–Crippen LogP) is 4.95. The average molecular weight is 276 g/mol. The van der Waals surface area contributed by atoms with Crippen LogP contribution < -0.4 is 5.32 Å². The standard InChI is InChI=1S/C19H20N2/c1-4-20-17-12-16(15-8-6-5-7-9-15)21-18-11-13(2)10-14(3)19(17)18/h5-12H,4H2,1-3H3,(H,20,21). The van der Waals surface area contributed by atoms with Crippen LogP contribution in [-0.2, 0) is 0 Å². The minimum atomic E-state index is 0.903. The molecule has 3 rings (SSSR count). The summed E-state index contributed by atoms with van der Waals surface area (Å²) >= 11 is 0. The van der Waals surface area contributed by atoms with E-state index in [1.165, 1.54) is 22.2 Å². The minimum Gasteiger partial charge on any atom is -0.385 e. The Morgan fingerprint density at radius 1 is 1.00 bits per heavy atom. The molecule has 106 valence electrons. The lowest BCUT2D eigenvalue weighted by atomic mass is 10.0. The Kier molecular flexibility index (Phi) is 3.61. The molecular weight excluding hydrogens is 256 g/mol. The van der Waals surface area contributed by atoms with Gasteiger partial charge in [0.25, 0.3) is 0 Å². The molecule has 1 N–H and O–H groups in total. The topological polar surface area (TPSA) is 24.9 Å². The van der Waals surface area contributed by atoms with Gasteiger partial charge in [-0.1, -0.05) is 36.4 Å². The molecule has 0 aliphatic rings. The first kappa shape index (κ1) is 13.6. The van der Waals surface area contributed by atoms with Crippen molar-refractivity contribution in [3.63, 3.8) is 0 Å². The number of pyridine rings is 1. The monoisotopic (exact) mass is 276 g/mol. The molecular formula is C19H20N2. The number of nitrogens with zero attached hydrogens (tertiary/aromatic N) is 1. The number of nitrogens with one attached hydrogen (secondary N) is 1. The van der Waals surface area contributed by atoms with Gasteiger partial charge in [0, 0.05) is 23.2 Å². The molecule has 3 aromatic rings. The van der Waals surface area contributed by atoms with E-state index >= 15 is 0 Å². The van der Waals surface area contributed by atoms with Crippen molar-refractivity contribution in [2.45, 2.75) is 20.8 Å². The lowest BCUT2D eigenvalue weighted by molar-refractivity contribution is 1.21. The number of aryl methyl sites for hydroxylation is 2. The third-order valence-electron chi connectivity index (χ3n) is 3.69. The predicted molar refractivity (Wildman–Crippen MR) is 90.8 cm³/mol. The van der Waals surface area contributed by atoms with Crippen molar-refractivity contribution < 1.29 is 0 Å². The van der Waals surface area contributed by atoms with Crippen LogP contribution in [-0.4, -0.2) is 11.5 Å². The molecule has 0 spiro atoms. The molecule has 0 aliphatic carbocycles. The SMILES string of the molecule is CCNc1cc(-c2ccccc2)nc2cc(C)cc(C)c12. The summed E-state index contributed by atoms with van der Waals surface area (Å²) in [4.78, 5) is 4.87. The van der Waals surface area contributed by atoms with Gasteiger partial charge in [0.15, 0.2) is 0 Å². The molecule has 0 atom stereocenters. The largest absolute Gasteiger partial charge is 0.385 e. The first-order valence-electron chi connectivity index (χ1n) is 7.40. The number of hydrogen-bond donors (Lipinski definition) is 1. The van der Waals surface area contributed by atoms with Crippen LogP contribution >= 0.6 is 0 Å². The summed E-state index contributed by atoms with van der Waals surface area (Å²) in [5.41, 5.74) is 6.92. The molecule has 2 aromatic carbocycles. The molecule has 0 amide bonds. The van der Waals surface area contributed by atoms with Crippen LogP contribution in [0, 0.1) is 13.8 Å². The van der Waals surface area contributed by atoms with Gasteiger partial charge in [0.1, 0.15) is 0 Å². The van der Waals surface area contributed by atoms with Crippen LogP contribution in [0.25, 0.3) is 22.2 Å². The van der Waals surface area contributed by atoms with Crippen molar-refractivity contribution in [3.8, 4) is 11.3 Å². The first-order chi connectivity index (χ1) is 10.2. The Bertz CT molecular complexity index is 776. The van der Waals surface area contributed by atoms with Gasteiger partial charge in [0.05, 0.1) is 11.2 Å². The van der Waals surface area contributed by atoms with Crippen LogP contribution in [0.4, 0.5) is 5.69 Å². The zero-order chi connectivity index (χ0) is 14.8. The number of anilines is 1. The quantitative estimate of drug-likeness (QED) is 0.732. The maximum atomic E-state index is 4.87. The molecule has 1 aromatic heterocycles. The van der Waals surface area contributed by atoms with Crippen LogP contribution in [0.2, 0.25) is 0 Å². The number of rotatable bonds is 3. The van der Waals surface area contributed by atoms with Crippen molar-refractivity contribution in [1.29, 1.82) is 0 Å². The summed E-state index contributed by atoms with van der Waals surface area (Å²) in [6.45, 7) is 7.30. The molecule has 0 saturated carbocycles. The molecule has 0 fully saturated rings. The highest BCUT2D eigenvalue weighted by molar-refractivity contribution is 5.96. The van der Waals surface area contributed by atoms with Crippen LogP contribution in [0.3, 0.4) is 0 Å². The second kappa shape index (κ2) is 5.57. The molecule has 0 saturated heterocycles. The number of hydrogen-bond acceptors (Lipinski definition) is 2. The van der Waals surface area contributed by atoms with E-state index in [0.29, 0.717) is 0 Å². The molecule has 2 heteroatoms. The van der Waals surface area contributed by atoms with Crippen molar-refractivity contribution >= 4 is 16.6 Å². The highest BCUT2D eigenvalue weighted by Crippen LogP contribution is 2.31. The molecule has 21 heavy (non-hydrogen) atoms. The number of benzene rings is 2. The van der Waals surface area contributed by atoms with E-state index in [1.807, 2.05) is 6.07 Å². The summed E-state index contributed by atoms with van der Waals surface area (Å²) in [5.74, 6) is 0. The minimum absolute atomic E-state index is 0.903. The normalized spacial score (nSPS) is 10.8. The summed E-state index contributed by atoms with van der Waals surface area (Å²) in [6, 6.07) is 16.9. The zero-order valence-corrected chi connectivity index (χ0v) is 12.8. The van der Waals surface area contributed by atoms with Crippen LogP contribution in [0.15, 0.2) is 48.5 Å². The zero-order valence-electron chi connectivity index (χ0n) is 12.8. The van der Waals surface area contributed by atoms with Gasteiger partial charge in [-0.25, -0.2) is 4.98 Å². The summed E-state index contributed by atoms with van der Waals surface area (Å²) < 4.78 is 0. The molecule has 0 aliphatic heterocycles. The van der Waals surface area contributed by atoms with E-state index in [0.717, 1.165) is 23.3 Å². The van der Waals surface area contributed by atoms with E-state index in [9.17, 15) is 0 Å². The molecule has 2 nitrogen and oxygen atoms in total. The van der Waals surface area contributed by atoms with Crippen molar-refractivity contribution in [2.24, 2.45) is 0 Å². The van der Waals surface area contributed by atoms with Crippen LogP contribution in [0.5, 0.6) is 0 Å². The third kappa shape index (κ3) is 2.62. The highest BCUT2D eigenvalue weighted by Gasteiger charge is 2.09. The second-order valence-corrected chi connectivity index (χ2v) is 5.43. The van der Waals surface area contributed by atoms with Gasteiger partial charge in [-0.3, -0.25) is 0 Å². The molecule has 0 bridgehead atoms. The Labute approximate surface area is 125 Å². The van der Waals surface area contributed by atoms with Crippen molar-refractivity contribution in [1.82, 2.24) is 4.98 Å². The molecule has 0 radical (unpaired) electrons. The fourth-order valence-corrected chi connectivity index (χ4v) is 2.84. The third-order valence-corrected chi connectivity index (χ3v) is 3.69. The Balaban J connectivity index is 2.29.